The highest BCUT2D eigenvalue weighted by Crippen LogP contribution is 2.46. The Morgan fingerprint density at radius 1 is 1.25 bits per heavy atom. The van der Waals surface area contributed by atoms with Crippen molar-refractivity contribution in [3.63, 3.8) is 0 Å². The molecule has 1 aromatic rings. The summed E-state index contributed by atoms with van der Waals surface area (Å²) in [5.41, 5.74) is -0.325. The van der Waals surface area contributed by atoms with Gasteiger partial charge in [-0.3, -0.25) is 0 Å². The summed E-state index contributed by atoms with van der Waals surface area (Å²) in [5, 5.41) is 10.6. The minimum absolute atomic E-state index is 0.0143. The Bertz CT molecular complexity index is 740. The molecule has 134 valence electrons. The minimum Gasteiger partial charge on any atom is -0.495 e. The second kappa shape index (κ2) is 6.65. The van der Waals surface area contributed by atoms with E-state index in [4.69, 9.17) is 27.9 Å². The monoisotopic (exact) mass is 393 g/mol. The molecule has 1 aliphatic heterocycles. The van der Waals surface area contributed by atoms with Crippen molar-refractivity contribution in [3.05, 3.63) is 22.2 Å². The number of hydrogen-bond donors (Lipinski definition) is 1. The summed E-state index contributed by atoms with van der Waals surface area (Å²) in [6.45, 7) is 0.757. The van der Waals surface area contributed by atoms with Gasteiger partial charge in [-0.1, -0.05) is 29.6 Å². The molecule has 8 heteroatoms. The van der Waals surface area contributed by atoms with Crippen molar-refractivity contribution in [2.24, 2.45) is 5.41 Å². The first-order valence-corrected chi connectivity index (χ1v) is 10.2. The number of sulfonamides is 1. The average Bonchev–Trinajstić information content (AvgIpc) is 2.89. The fourth-order valence-electron chi connectivity index (χ4n) is 3.92. The fourth-order valence-corrected chi connectivity index (χ4v) is 6.32. The van der Waals surface area contributed by atoms with Crippen molar-refractivity contribution in [3.8, 4) is 5.75 Å². The van der Waals surface area contributed by atoms with E-state index >= 15 is 0 Å². The minimum atomic E-state index is -3.78. The van der Waals surface area contributed by atoms with Crippen molar-refractivity contribution < 1.29 is 18.3 Å². The molecule has 1 aliphatic carbocycles. The first-order valence-electron chi connectivity index (χ1n) is 8.01. The number of piperidine rings is 1. The van der Waals surface area contributed by atoms with Gasteiger partial charge in [0.2, 0.25) is 10.0 Å². The van der Waals surface area contributed by atoms with Gasteiger partial charge in [0.15, 0.2) is 0 Å². The quantitative estimate of drug-likeness (QED) is 0.854. The van der Waals surface area contributed by atoms with Crippen LogP contribution in [0.1, 0.15) is 32.1 Å². The number of hydrogen-bond acceptors (Lipinski definition) is 4. The molecule has 0 amide bonds. The molecular weight excluding hydrogens is 373 g/mol. The van der Waals surface area contributed by atoms with Crippen LogP contribution in [-0.2, 0) is 10.0 Å². The molecule has 1 saturated carbocycles. The lowest BCUT2D eigenvalue weighted by Gasteiger charge is -2.41. The molecule has 0 aromatic heterocycles. The largest absolute Gasteiger partial charge is 0.495 e. The van der Waals surface area contributed by atoms with Crippen LogP contribution in [0.5, 0.6) is 5.75 Å². The highest BCUT2D eigenvalue weighted by atomic mass is 35.5. The Morgan fingerprint density at radius 2 is 1.96 bits per heavy atom. The molecular formula is C16H21Cl2NO4S. The van der Waals surface area contributed by atoms with E-state index in [0.29, 0.717) is 18.8 Å². The molecule has 3 rings (SSSR count). The van der Waals surface area contributed by atoms with E-state index in [1.165, 1.54) is 23.5 Å². The van der Waals surface area contributed by atoms with Gasteiger partial charge in [0, 0.05) is 24.6 Å². The van der Waals surface area contributed by atoms with Crippen LogP contribution in [0.15, 0.2) is 17.0 Å². The summed E-state index contributed by atoms with van der Waals surface area (Å²) >= 11 is 12.3. The zero-order chi connectivity index (χ0) is 17.5. The van der Waals surface area contributed by atoms with Crippen molar-refractivity contribution in [1.29, 1.82) is 0 Å². The van der Waals surface area contributed by atoms with E-state index in [1.807, 2.05) is 0 Å². The zero-order valence-electron chi connectivity index (χ0n) is 13.5. The third kappa shape index (κ3) is 3.03. The summed E-state index contributed by atoms with van der Waals surface area (Å²) in [6.07, 6.45) is 3.69. The van der Waals surface area contributed by atoms with Crippen molar-refractivity contribution in [2.75, 3.05) is 20.2 Å². The van der Waals surface area contributed by atoms with Gasteiger partial charge in [0.25, 0.3) is 0 Å². The molecule has 0 radical (unpaired) electrons. The van der Waals surface area contributed by atoms with Crippen LogP contribution in [0.4, 0.5) is 0 Å². The van der Waals surface area contributed by atoms with Crippen LogP contribution in [0.3, 0.4) is 0 Å². The molecule has 1 heterocycles. The third-order valence-corrected chi connectivity index (χ3v) is 7.86. The van der Waals surface area contributed by atoms with Gasteiger partial charge in [-0.05, 0) is 31.7 Å². The van der Waals surface area contributed by atoms with E-state index in [-0.39, 0.29) is 20.4 Å². The van der Waals surface area contributed by atoms with Gasteiger partial charge in [-0.2, -0.15) is 4.31 Å². The molecule has 1 aromatic carbocycles. The number of halogens is 2. The van der Waals surface area contributed by atoms with Crippen molar-refractivity contribution in [2.45, 2.75) is 43.1 Å². The molecule has 2 atom stereocenters. The maximum Gasteiger partial charge on any atom is 0.244 e. The smallest absolute Gasteiger partial charge is 0.244 e. The lowest BCUT2D eigenvalue weighted by atomic mass is 9.77. The molecule has 0 unspecified atom stereocenters. The summed E-state index contributed by atoms with van der Waals surface area (Å²) in [4.78, 5) is -0.0143. The van der Waals surface area contributed by atoms with E-state index in [2.05, 4.69) is 0 Å². The Hall–Kier alpha value is -0.530. The van der Waals surface area contributed by atoms with Gasteiger partial charge in [0.05, 0.1) is 23.3 Å². The van der Waals surface area contributed by atoms with Crippen LogP contribution < -0.4 is 4.74 Å². The summed E-state index contributed by atoms with van der Waals surface area (Å²) in [7, 11) is -2.33. The van der Waals surface area contributed by atoms with Gasteiger partial charge in [-0.15, -0.1) is 0 Å². The number of methoxy groups -OCH3 is 1. The second-order valence-corrected chi connectivity index (χ2v) is 9.35. The molecule has 1 N–H and O–H groups in total. The third-order valence-electron chi connectivity index (χ3n) is 5.26. The van der Waals surface area contributed by atoms with Crippen LogP contribution in [0, 0.1) is 5.41 Å². The number of ether oxygens (including phenoxy) is 1. The first-order chi connectivity index (χ1) is 11.3. The second-order valence-electron chi connectivity index (χ2n) is 6.63. The molecule has 5 nitrogen and oxygen atoms in total. The molecule has 24 heavy (non-hydrogen) atoms. The maximum atomic E-state index is 13.1. The normalized spacial score (nSPS) is 28.4. The van der Waals surface area contributed by atoms with E-state index < -0.39 is 16.1 Å². The standard InChI is InChI=1S/C16H21Cl2NO4S/c1-23-13-8-12(18)14(9-11(13)17)24(21,22)19-7-3-6-16(10-19)5-2-4-15(16)20/h8-9,15,20H,2-7,10H2,1H3/t15-,16+/m1/s1. The lowest BCUT2D eigenvalue weighted by Crippen LogP contribution is -2.49. The summed E-state index contributed by atoms with van der Waals surface area (Å²) in [6, 6.07) is 2.76. The van der Waals surface area contributed by atoms with Crippen LogP contribution in [0.25, 0.3) is 0 Å². The number of nitrogens with zero attached hydrogens (tertiary/aromatic N) is 1. The Balaban J connectivity index is 1.95. The van der Waals surface area contributed by atoms with E-state index in [1.54, 1.807) is 0 Å². The summed E-state index contributed by atoms with van der Waals surface area (Å²) < 4.78 is 32.6. The number of benzene rings is 1. The fraction of sp³-hybridized carbons (Fsp3) is 0.625. The maximum absolute atomic E-state index is 13.1. The van der Waals surface area contributed by atoms with Gasteiger partial charge in [0.1, 0.15) is 10.6 Å². The molecule has 2 aliphatic rings. The SMILES string of the molecule is COc1cc(Cl)c(S(=O)(=O)N2CCC[C@@]3(CCC[C@H]3O)C2)cc1Cl. The lowest BCUT2D eigenvalue weighted by molar-refractivity contribution is 0.0127. The molecule has 2 fully saturated rings. The Kier molecular flexibility index (Phi) is 5.06. The topological polar surface area (TPSA) is 66.8 Å². The zero-order valence-corrected chi connectivity index (χ0v) is 15.8. The first kappa shape index (κ1) is 18.3. The number of aliphatic hydroxyl groups is 1. The Morgan fingerprint density at radius 3 is 2.58 bits per heavy atom. The highest BCUT2D eigenvalue weighted by molar-refractivity contribution is 7.89. The summed E-state index contributed by atoms with van der Waals surface area (Å²) in [5.74, 6) is 0.335. The van der Waals surface area contributed by atoms with Crippen LogP contribution in [0.2, 0.25) is 10.0 Å². The molecule has 1 spiro atoms. The van der Waals surface area contributed by atoms with Crippen LogP contribution >= 0.6 is 23.2 Å². The highest BCUT2D eigenvalue weighted by Gasteiger charge is 2.47. The average molecular weight is 394 g/mol. The van der Waals surface area contributed by atoms with E-state index in [0.717, 1.165) is 32.1 Å². The van der Waals surface area contributed by atoms with E-state index in [9.17, 15) is 13.5 Å². The molecule has 1 saturated heterocycles. The van der Waals surface area contributed by atoms with Crippen LogP contribution in [-0.4, -0.2) is 44.1 Å². The van der Waals surface area contributed by atoms with Gasteiger partial charge in [-0.25, -0.2) is 8.42 Å². The Labute approximate surface area is 152 Å². The number of rotatable bonds is 3. The number of aliphatic hydroxyl groups excluding tert-OH is 1. The predicted molar refractivity (Wildman–Crippen MR) is 93.3 cm³/mol. The molecule has 0 bridgehead atoms. The van der Waals surface area contributed by atoms with Crippen molar-refractivity contribution in [1.82, 2.24) is 4.31 Å². The van der Waals surface area contributed by atoms with Gasteiger partial charge >= 0.3 is 0 Å². The van der Waals surface area contributed by atoms with Crippen molar-refractivity contribution >= 4 is 33.2 Å². The van der Waals surface area contributed by atoms with Gasteiger partial charge < -0.3 is 9.84 Å². The predicted octanol–water partition coefficient (Wildman–Crippen LogP) is 3.32.